The van der Waals surface area contributed by atoms with E-state index >= 15 is 0 Å². The van der Waals surface area contributed by atoms with Crippen molar-refractivity contribution in [1.82, 2.24) is 19.9 Å². The Morgan fingerprint density at radius 3 is 2.19 bits per heavy atom. The maximum atomic E-state index is 5.57. The topological polar surface area (TPSA) is 46.4 Å². The van der Waals surface area contributed by atoms with Gasteiger partial charge in [-0.25, -0.2) is 0 Å². The van der Waals surface area contributed by atoms with E-state index in [0.717, 1.165) is 49.4 Å². The van der Waals surface area contributed by atoms with Gasteiger partial charge in [0.2, 0.25) is 0 Å². The number of fused-ring (bicyclic) bond motifs is 1. The SMILES string of the molecule is COc1ccccc1N1CCN([C@@H]2CCC[C@@H](n3nc4cc(C)c(C)cc4n3)C2)CC1. The maximum absolute atomic E-state index is 5.57. The lowest BCUT2D eigenvalue weighted by atomic mass is 9.90. The molecule has 6 nitrogen and oxygen atoms in total. The minimum Gasteiger partial charge on any atom is -0.495 e. The molecular formula is C25H33N5O. The summed E-state index contributed by atoms with van der Waals surface area (Å²) in [5.74, 6) is 0.968. The van der Waals surface area contributed by atoms with Crippen LogP contribution in [-0.4, -0.2) is 59.2 Å². The molecule has 2 atom stereocenters. The fourth-order valence-electron chi connectivity index (χ4n) is 5.25. The normalized spacial score (nSPS) is 22.7. The highest BCUT2D eigenvalue weighted by atomic mass is 16.5. The minimum absolute atomic E-state index is 0.402. The molecule has 2 fully saturated rings. The van der Waals surface area contributed by atoms with Crippen molar-refractivity contribution in [3.63, 3.8) is 0 Å². The molecule has 0 spiro atoms. The van der Waals surface area contributed by atoms with Gasteiger partial charge in [0, 0.05) is 32.2 Å². The number of rotatable bonds is 4. The first-order chi connectivity index (χ1) is 15.1. The van der Waals surface area contributed by atoms with Crippen molar-refractivity contribution < 1.29 is 4.74 Å². The summed E-state index contributed by atoms with van der Waals surface area (Å²) in [6, 6.07) is 13.7. The second-order valence-electron chi connectivity index (χ2n) is 9.11. The number of methoxy groups -OCH3 is 1. The third kappa shape index (κ3) is 4.01. The van der Waals surface area contributed by atoms with Crippen LogP contribution in [0, 0.1) is 13.8 Å². The Hall–Kier alpha value is -2.60. The van der Waals surface area contributed by atoms with Crippen LogP contribution in [0.4, 0.5) is 5.69 Å². The molecule has 1 saturated carbocycles. The van der Waals surface area contributed by atoms with Crippen LogP contribution < -0.4 is 9.64 Å². The summed E-state index contributed by atoms with van der Waals surface area (Å²) in [5.41, 5.74) is 5.83. The zero-order valence-electron chi connectivity index (χ0n) is 18.9. The van der Waals surface area contributed by atoms with E-state index < -0.39 is 0 Å². The van der Waals surface area contributed by atoms with Crippen molar-refractivity contribution in [3.05, 3.63) is 47.5 Å². The van der Waals surface area contributed by atoms with Gasteiger partial charge in [0.1, 0.15) is 16.8 Å². The van der Waals surface area contributed by atoms with Gasteiger partial charge in [-0.3, -0.25) is 4.90 Å². The van der Waals surface area contributed by atoms with Gasteiger partial charge in [0.25, 0.3) is 0 Å². The number of hydrogen-bond acceptors (Lipinski definition) is 5. The molecule has 1 aliphatic carbocycles. The van der Waals surface area contributed by atoms with Crippen LogP contribution >= 0.6 is 0 Å². The average Bonchev–Trinajstić information content (AvgIpc) is 3.22. The lowest BCUT2D eigenvalue weighted by molar-refractivity contribution is 0.117. The quantitative estimate of drug-likeness (QED) is 0.629. The lowest BCUT2D eigenvalue weighted by Gasteiger charge is -2.43. The highest BCUT2D eigenvalue weighted by Gasteiger charge is 2.31. The van der Waals surface area contributed by atoms with E-state index in [1.807, 2.05) is 10.9 Å². The van der Waals surface area contributed by atoms with E-state index in [0.29, 0.717) is 12.1 Å². The number of benzene rings is 2. The van der Waals surface area contributed by atoms with Gasteiger partial charge >= 0.3 is 0 Å². The third-order valence-electron chi connectivity index (χ3n) is 7.21. The van der Waals surface area contributed by atoms with Gasteiger partial charge < -0.3 is 9.64 Å². The summed E-state index contributed by atoms with van der Waals surface area (Å²) in [6.45, 7) is 8.59. The molecule has 2 heterocycles. The zero-order chi connectivity index (χ0) is 21.4. The Kier molecular flexibility index (Phi) is 5.57. The Morgan fingerprint density at radius 1 is 0.871 bits per heavy atom. The van der Waals surface area contributed by atoms with E-state index in [4.69, 9.17) is 14.9 Å². The lowest BCUT2D eigenvalue weighted by Crippen LogP contribution is -2.51. The van der Waals surface area contributed by atoms with E-state index in [1.165, 1.54) is 36.1 Å². The molecule has 1 aromatic heterocycles. The highest BCUT2D eigenvalue weighted by molar-refractivity contribution is 5.75. The Morgan fingerprint density at radius 2 is 1.52 bits per heavy atom. The predicted octanol–water partition coefficient (Wildman–Crippen LogP) is 4.36. The third-order valence-corrected chi connectivity index (χ3v) is 7.21. The molecule has 2 aliphatic rings. The number of aromatic nitrogens is 3. The second kappa shape index (κ2) is 8.50. The number of hydrogen-bond donors (Lipinski definition) is 0. The maximum Gasteiger partial charge on any atom is 0.142 e. The number of ether oxygens (including phenoxy) is 1. The summed E-state index contributed by atoms with van der Waals surface area (Å²) in [6.07, 6.45) is 4.85. The van der Waals surface area contributed by atoms with Crippen molar-refractivity contribution in [2.75, 3.05) is 38.2 Å². The Labute approximate surface area is 184 Å². The molecule has 0 radical (unpaired) electrons. The monoisotopic (exact) mass is 419 g/mol. The molecule has 0 amide bonds. The highest BCUT2D eigenvalue weighted by Crippen LogP contribution is 2.33. The minimum atomic E-state index is 0.402. The average molecular weight is 420 g/mol. The number of piperazine rings is 1. The van der Waals surface area contributed by atoms with E-state index in [2.05, 4.69) is 54.0 Å². The molecule has 1 saturated heterocycles. The molecule has 6 heteroatoms. The van der Waals surface area contributed by atoms with Crippen molar-refractivity contribution in [2.45, 2.75) is 51.6 Å². The zero-order valence-corrected chi connectivity index (χ0v) is 18.9. The van der Waals surface area contributed by atoms with Crippen molar-refractivity contribution in [2.24, 2.45) is 0 Å². The van der Waals surface area contributed by atoms with Gasteiger partial charge in [-0.15, -0.1) is 0 Å². The Bertz CT molecular complexity index is 1010. The van der Waals surface area contributed by atoms with Crippen molar-refractivity contribution in [3.8, 4) is 5.75 Å². The first-order valence-electron chi connectivity index (χ1n) is 11.6. The van der Waals surface area contributed by atoms with Crippen molar-refractivity contribution >= 4 is 16.7 Å². The Balaban J connectivity index is 1.25. The summed E-state index contributed by atoms with van der Waals surface area (Å²) < 4.78 is 5.57. The molecule has 0 N–H and O–H groups in total. The summed E-state index contributed by atoms with van der Waals surface area (Å²) in [7, 11) is 1.76. The van der Waals surface area contributed by atoms with Gasteiger partial charge in [0.05, 0.1) is 18.8 Å². The van der Waals surface area contributed by atoms with Crippen molar-refractivity contribution in [1.29, 1.82) is 0 Å². The number of para-hydroxylation sites is 2. The molecule has 2 aromatic carbocycles. The standard InChI is InChI=1S/C25H33N5O/c1-18-15-22-23(16-19(18)2)27-30(26-22)21-8-6-7-20(17-21)28-11-13-29(14-12-28)24-9-4-5-10-25(24)31-3/h4-5,9-10,15-16,20-21H,6-8,11-14,17H2,1-3H3/t20-,21-/m1/s1. The van der Waals surface area contributed by atoms with Gasteiger partial charge in [-0.2, -0.15) is 15.0 Å². The van der Waals surface area contributed by atoms with E-state index in [-0.39, 0.29) is 0 Å². The summed E-state index contributed by atoms with van der Waals surface area (Å²) in [4.78, 5) is 7.17. The van der Waals surface area contributed by atoms with Crippen LogP contribution in [0.1, 0.15) is 42.9 Å². The summed E-state index contributed by atoms with van der Waals surface area (Å²) >= 11 is 0. The van der Waals surface area contributed by atoms with Gasteiger partial charge in [-0.05, 0) is 74.9 Å². The fraction of sp³-hybridized carbons (Fsp3) is 0.520. The smallest absolute Gasteiger partial charge is 0.142 e. The molecule has 0 unspecified atom stereocenters. The first-order valence-corrected chi connectivity index (χ1v) is 11.6. The molecule has 5 rings (SSSR count). The molecule has 1 aliphatic heterocycles. The fourth-order valence-corrected chi connectivity index (χ4v) is 5.25. The molecule has 0 bridgehead atoms. The van der Waals surface area contributed by atoms with Crippen LogP contribution in [-0.2, 0) is 0 Å². The first kappa shape index (κ1) is 20.3. The van der Waals surface area contributed by atoms with Crippen LogP contribution in [0.15, 0.2) is 36.4 Å². The molecular weight excluding hydrogens is 386 g/mol. The van der Waals surface area contributed by atoms with Gasteiger partial charge in [-0.1, -0.05) is 12.1 Å². The molecule has 31 heavy (non-hydrogen) atoms. The predicted molar refractivity (Wildman–Crippen MR) is 125 cm³/mol. The van der Waals surface area contributed by atoms with E-state index in [1.54, 1.807) is 7.11 Å². The van der Waals surface area contributed by atoms with E-state index in [9.17, 15) is 0 Å². The number of nitrogens with zero attached hydrogens (tertiary/aromatic N) is 5. The molecule has 164 valence electrons. The number of aryl methyl sites for hydroxylation is 2. The number of anilines is 1. The largest absolute Gasteiger partial charge is 0.495 e. The van der Waals surface area contributed by atoms with Crippen LogP contribution in [0.3, 0.4) is 0 Å². The van der Waals surface area contributed by atoms with Gasteiger partial charge in [0.15, 0.2) is 0 Å². The summed E-state index contributed by atoms with van der Waals surface area (Å²) in [5, 5.41) is 9.71. The molecule has 3 aromatic rings. The van der Waals surface area contributed by atoms with Crippen LogP contribution in [0.25, 0.3) is 11.0 Å². The second-order valence-corrected chi connectivity index (χ2v) is 9.11. The van der Waals surface area contributed by atoms with Crippen LogP contribution in [0.5, 0.6) is 5.75 Å². The van der Waals surface area contributed by atoms with Crippen LogP contribution in [0.2, 0.25) is 0 Å².